The van der Waals surface area contributed by atoms with Gasteiger partial charge in [-0.15, -0.1) is 0 Å². The number of carbonyl (C=O) groups excluding carboxylic acids is 1. The molecule has 2 aliphatic carbocycles. The second-order valence-corrected chi connectivity index (χ2v) is 5.13. The fourth-order valence-corrected chi connectivity index (χ4v) is 2.89. The van der Waals surface area contributed by atoms with E-state index in [4.69, 9.17) is 4.84 Å². The highest BCUT2D eigenvalue weighted by Gasteiger charge is 2.30. The van der Waals surface area contributed by atoms with Gasteiger partial charge in [0.15, 0.2) is 0 Å². The first-order chi connectivity index (χ1) is 8.84. The molecule has 0 saturated heterocycles. The van der Waals surface area contributed by atoms with Crippen molar-refractivity contribution in [2.24, 2.45) is 0 Å². The van der Waals surface area contributed by atoms with Crippen LogP contribution in [-0.2, 0) is 16.1 Å². The standard InChI is InChI=1S/C14H18N2O2/c17-14(16-18-11-5-1-2-6-11)12-8-7-10-4-3-9-15-13(10)12/h3-4,9,11-12H,1-2,5-8H2,(H,16,17). The monoisotopic (exact) mass is 246 g/mol. The van der Waals surface area contributed by atoms with E-state index in [-0.39, 0.29) is 17.9 Å². The molecule has 1 N–H and O–H groups in total. The summed E-state index contributed by atoms with van der Waals surface area (Å²) in [6, 6.07) is 3.97. The molecule has 0 radical (unpaired) electrons. The van der Waals surface area contributed by atoms with Gasteiger partial charge in [-0.25, -0.2) is 5.48 Å². The van der Waals surface area contributed by atoms with Gasteiger partial charge in [0.2, 0.25) is 0 Å². The van der Waals surface area contributed by atoms with Crippen LogP contribution < -0.4 is 5.48 Å². The third kappa shape index (κ3) is 2.25. The van der Waals surface area contributed by atoms with E-state index in [0.717, 1.165) is 31.4 Å². The highest BCUT2D eigenvalue weighted by atomic mass is 16.7. The number of hydroxylamine groups is 1. The molecule has 0 aromatic carbocycles. The summed E-state index contributed by atoms with van der Waals surface area (Å²) in [7, 11) is 0. The Morgan fingerprint density at radius 3 is 3.00 bits per heavy atom. The van der Waals surface area contributed by atoms with Crippen molar-refractivity contribution in [3.8, 4) is 0 Å². The van der Waals surface area contributed by atoms with Crippen molar-refractivity contribution in [1.82, 2.24) is 10.5 Å². The minimum Gasteiger partial charge on any atom is -0.272 e. The molecule has 1 heterocycles. The van der Waals surface area contributed by atoms with Crippen LogP contribution in [0.25, 0.3) is 0 Å². The topological polar surface area (TPSA) is 51.2 Å². The first-order valence-corrected chi connectivity index (χ1v) is 6.74. The van der Waals surface area contributed by atoms with E-state index < -0.39 is 0 Å². The maximum Gasteiger partial charge on any atom is 0.252 e. The molecule has 2 aliphatic rings. The Morgan fingerprint density at radius 2 is 2.17 bits per heavy atom. The van der Waals surface area contributed by atoms with Crippen LogP contribution in [0.2, 0.25) is 0 Å². The van der Waals surface area contributed by atoms with Gasteiger partial charge in [-0.1, -0.05) is 18.9 Å². The van der Waals surface area contributed by atoms with Gasteiger partial charge in [-0.2, -0.15) is 0 Å². The van der Waals surface area contributed by atoms with Gasteiger partial charge >= 0.3 is 0 Å². The van der Waals surface area contributed by atoms with Crippen molar-refractivity contribution < 1.29 is 9.63 Å². The molecule has 4 nitrogen and oxygen atoms in total. The lowest BCUT2D eigenvalue weighted by Crippen LogP contribution is -2.32. The predicted octanol–water partition coefficient (Wildman–Crippen LogP) is 2.10. The number of nitrogens with zero attached hydrogens (tertiary/aromatic N) is 1. The van der Waals surface area contributed by atoms with Crippen molar-refractivity contribution in [2.75, 3.05) is 0 Å². The lowest BCUT2D eigenvalue weighted by molar-refractivity contribution is -0.139. The van der Waals surface area contributed by atoms with Crippen LogP contribution in [0.5, 0.6) is 0 Å². The summed E-state index contributed by atoms with van der Waals surface area (Å²) in [5, 5.41) is 0. The van der Waals surface area contributed by atoms with Crippen LogP contribution in [0.4, 0.5) is 0 Å². The van der Waals surface area contributed by atoms with E-state index in [2.05, 4.69) is 10.5 Å². The number of aryl methyl sites for hydroxylation is 1. The summed E-state index contributed by atoms with van der Waals surface area (Å²) in [5.74, 6) is -0.179. The highest BCUT2D eigenvalue weighted by Crippen LogP contribution is 2.31. The van der Waals surface area contributed by atoms with E-state index >= 15 is 0 Å². The van der Waals surface area contributed by atoms with Crippen molar-refractivity contribution in [3.05, 3.63) is 29.6 Å². The Hall–Kier alpha value is -1.42. The third-order valence-electron chi connectivity index (χ3n) is 3.90. The minimum absolute atomic E-state index is 0.0423. The average Bonchev–Trinajstić information content (AvgIpc) is 3.05. The molecular weight excluding hydrogens is 228 g/mol. The number of hydrogen-bond donors (Lipinski definition) is 1. The zero-order valence-corrected chi connectivity index (χ0v) is 10.4. The lowest BCUT2D eigenvalue weighted by Gasteiger charge is -2.14. The maximum atomic E-state index is 12.1. The largest absolute Gasteiger partial charge is 0.272 e. The normalized spacial score (nSPS) is 23.0. The van der Waals surface area contributed by atoms with Gasteiger partial charge in [0, 0.05) is 6.20 Å². The summed E-state index contributed by atoms with van der Waals surface area (Å²) in [4.78, 5) is 21.9. The van der Waals surface area contributed by atoms with E-state index in [0.29, 0.717) is 0 Å². The van der Waals surface area contributed by atoms with Crippen LogP contribution in [0, 0.1) is 0 Å². The van der Waals surface area contributed by atoms with Crippen LogP contribution in [-0.4, -0.2) is 17.0 Å². The summed E-state index contributed by atoms with van der Waals surface area (Å²) in [6.45, 7) is 0. The molecule has 4 heteroatoms. The number of carbonyl (C=O) groups is 1. The number of aromatic nitrogens is 1. The van der Waals surface area contributed by atoms with E-state index in [1.54, 1.807) is 6.20 Å². The van der Waals surface area contributed by atoms with Gasteiger partial charge < -0.3 is 0 Å². The van der Waals surface area contributed by atoms with Crippen molar-refractivity contribution >= 4 is 5.91 Å². The van der Waals surface area contributed by atoms with Crippen molar-refractivity contribution in [3.63, 3.8) is 0 Å². The SMILES string of the molecule is O=C(NOC1CCCC1)C1CCc2cccnc21. The molecule has 1 fully saturated rings. The number of pyridine rings is 1. The van der Waals surface area contributed by atoms with E-state index in [1.165, 1.54) is 18.4 Å². The summed E-state index contributed by atoms with van der Waals surface area (Å²) >= 11 is 0. The zero-order chi connectivity index (χ0) is 12.4. The Balaban J connectivity index is 1.60. The second kappa shape index (κ2) is 5.06. The van der Waals surface area contributed by atoms with Crippen LogP contribution >= 0.6 is 0 Å². The Bertz CT molecular complexity index is 441. The number of rotatable bonds is 3. The molecule has 96 valence electrons. The number of hydrogen-bond acceptors (Lipinski definition) is 3. The fourth-order valence-electron chi connectivity index (χ4n) is 2.89. The van der Waals surface area contributed by atoms with Gasteiger partial charge in [0.25, 0.3) is 5.91 Å². The molecule has 1 amide bonds. The molecule has 1 atom stereocenters. The van der Waals surface area contributed by atoms with Crippen molar-refractivity contribution in [1.29, 1.82) is 0 Å². The van der Waals surface area contributed by atoms with Crippen LogP contribution in [0.15, 0.2) is 18.3 Å². The minimum atomic E-state index is -0.136. The summed E-state index contributed by atoms with van der Waals surface area (Å²) in [6.07, 6.45) is 8.25. The van der Waals surface area contributed by atoms with Crippen LogP contribution in [0.1, 0.15) is 49.3 Å². The fraction of sp³-hybridized carbons (Fsp3) is 0.571. The van der Waals surface area contributed by atoms with Gasteiger partial charge in [-0.05, 0) is 37.3 Å². The van der Waals surface area contributed by atoms with Crippen molar-refractivity contribution in [2.45, 2.75) is 50.5 Å². The molecule has 0 aliphatic heterocycles. The van der Waals surface area contributed by atoms with Gasteiger partial charge in [-0.3, -0.25) is 14.6 Å². The van der Waals surface area contributed by atoms with Gasteiger partial charge in [0.05, 0.1) is 17.7 Å². The molecular formula is C14H18N2O2. The number of amides is 1. The highest BCUT2D eigenvalue weighted by molar-refractivity contribution is 5.83. The molecule has 1 saturated carbocycles. The van der Waals surface area contributed by atoms with E-state index in [9.17, 15) is 4.79 Å². The predicted molar refractivity (Wildman–Crippen MR) is 66.8 cm³/mol. The van der Waals surface area contributed by atoms with Gasteiger partial charge in [0.1, 0.15) is 0 Å². The first-order valence-electron chi connectivity index (χ1n) is 6.74. The zero-order valence-electron chi connectivity index (χ0n) is 10.4. The molecule has 1 unspecified atom stereocenters. The Kier molecular flexibility index (Phi) is 3.28. The number of nitrogens with one attached hydrogen (secondary N) is 1. The van der Waals surface area contributed by atoms with E-state index in [1.807, 2.05) is 12.1 Å². The second-order valence-electron chi connectivity index (χ2n) is 5.13. The summed E-state index contributed by atoms with van der Waals surface area (Å²) in [5.41, 5.74) is 4.74. The smallest absolute Gasteiger partial charge is 0.252 e. The van der Waals surface area contributed by atoms with Crippen LogP contribution in [0.3, 0.4) is 0 Å². The maximum absolute atomic E-state index is 12.1. The molecule has 18 heavy (non-hydrogen) atoms. The quantitative estimate of drug-likeness (QED) is 0.831. The molecule has 3 rings (SSSR count). The summed E-state index contributed by atoms with van der Waals surface area (Å²) < 4.78 is 0. The molecule has 0 spiro atoms. The Labute approximate surface area is 107 Å². The molecule has 1 aromatic heterocycles. The lowest BCUT2D eigenvalue weighted by atomic mass is 10.1. The molecule has 0 bridgehead atoms. The average molecular weight is 246 g/mol. The first kappa shape index (κ1) is 11.7. The molecule has 1 aromatic rings. The number of fused-ring (bicyclic) bond motifs is 1. The Morgan fingerprint density at radius 1 is 1.33 bits per heavy atom. The third-order valence-corrected chi connectivity index (χ3v) is 3.90.